The Kier molecular flexibility index (Phi) is 6.30. The summed E-state index contributed by atoms with van der Waals surface area (Å²) in [6, 6.07) is 64.2. The van der Waals surface area contributed by atoms with Crippen molar-refractivity contribution >= 4 is 84.2 Å². The molecule has 4 heterocycles. The molecular formula is C46H29GeN3S. The molecule has 0 aliphatic carbocycles. The zero-order valence-electron chi connectivity index (χ0n) is 27.5. The van der Waals surface area contributed by atoms with Gasteiger partial charge >= 0.3 is 303 Å². The zero-order chi connectivity index (χ0) is 33.5. The van der Waals surface area contributed by atoms with Crippen LogP contribution in [-0.2, 0) is 0 Å². The standard InChI is InChI=1S/C46H29GeN3S/c1-4-16-30(17-5-1)43-42-44(35-23-10-13-25-37(35)47(42,31-18-6-2-7-19-31)32-20-8-3-9-21-32)49-46(48-43)50-38-26-14-11-24-36(38)41-39(50)29-28-34-33-22-12-15-27-40(33)51-45(34)41/h1-29H. The average Bonchev–Trinajstić information content (AvgIpc) is 3.85. The van der Waals surface area contributed by atoms with E-state index in [0.717, 1.165) is 28.0 Å². The minimum absolute atomic E-state index is 0.702. The Morgan fingerprint density at radius 3 is 1.84 bits per heavy atom. The van der Waals surface area contributed by atoms with Crippen LogP contribution >= 0.6 is 11.3 Å². The first-order valence-corrected chi connectivity index (χ1v) is 22.4. The molecule has 7 aromatic carbocycles. The van der Waals surface area contributed by atoms with E-state index in [4.69, 9.17) is 9.97 Å². The summed E-state index contributed by atoms with van der Waals surface area (Å²) in [5.41, 5.74) is 6.64. The summed E-state index contributed by atoms with van der Waals surface area (Å²) in [5.74, 6) is 0.702. The number of aromatic nitrogens is 3. The zero-order valence-corrected chi connectivity index (χ0v) is 30.4. The van der Waals surface area contributed by atoms with Crippen LogP contribution in [-0.4, -0.2) is 27.8 Å². The van der Waals surface area contributed by atoms with Crippen LogP contribution in [0.4, 0.5) is 0 Å². The van der Waals surface area contributed by atoms with Gasteiger partial charge in [-0.3, -0.25) is 0 Å². The Balaban J connectivity index is 1.31. The maximum atomic E-state index is 5.71. The van der Waals surface area contributed by atoms with E-state index < -0.39 is 13.3 Å². The van der Waals surface area contributed by atoms with Crippen molar-refractivity contribution in [1.29, 1.82) is 0 Å². The monoisotopic (exact) mass is 729 g/mol. The van der Waals surface area contributed by atoms with E-state index in [1.165, 1.54) is 54.1 Å². The van der Waals surface area contributed by atoms with Gasteiger partial charge < -0.3 is 0 Å². The van der Waals surface area contributed by atoms with Crippen molar-refractivity contribution in [3.05, 3.63) is 176 Å². The number of benzene rings is 7. The van der Waals surface area contributed by atoms with Gasteiger partial charge in [-0.2, -0.15) is 0 Å². The first-order chi connectivity index (χ1) is 25.3. The van der Waals surface area contributed by atoms with Crippen molar-refractivity contribution in [2.75, 3.05) is 0 Å². The minimum atomic E-state index is -3.64. The summed E-state index contributed by atoms with van der Waals surface area (Å²) >= 11 is -1.76. The Labute approximate surface area is 301 Å². The van der Waals surface area contributed by atoms with Crippen LogP contribution in [0, 0.1) is 0 Å². The summed E-state index contributed by atoms with van der Waals surface area (Å²) in [7, 11) is 0. The van der Waals surface area contributed by atoms with E-state index in [-0.39, 0.29) is 0 Å². The van der Waals surface area contributed by atoms with E-state index >= 15 is 0 Å². The van der Waals surface area contributed by atoms with Crippen molar-refractivity contribution < 1.29 is 0 Å². The number of hydrogen-bond acceptors (Lipinski definition) is 3. The van der Waals surface area contributed by atoms with E-state index in [1.807, 2.05) is 11.3 Å². The first-order valence-electron chi connectivity index (χ1n) is 17.3. The van der Waals surface area contributed by atoms with Crippen molar-refractivity contribution in [1.82, 2.24) is 14.5 Å². The van der Waals surface area contributed by atoms with Gasteiger partial charge in [0.1, 0.15) is 0 Å². The number of nitrogens with zero attached hydrogens (tertiary/aromatic N) is 3. The first kappa shape index (κ1) is 29.0. The van der Waals surface area contributed by atoms with Crippen LogP contribution in [0.2, 0.25) is 0 Å². The number of rotatable bonds is 4. The molecule has 0 spiro atoms. The molecule has 1 aliphatic rings. The fraction of sp³-hybridized carbons (Fsp3) is 0. The van der Waals surface area contributed by atoms with Crippen molar-refractivity contribution in [2.24, 2.45) is 0 Å². The molecule has 0 amide bonds. The molecule has 3 aromatic heterocycles. The second-order valence-corrected chi connectivity index (χ2v) is 22.1. The fourth-order valence-electron chi connectivity index (χ4n) is 8.65. The SMILES string of the molecule is c1ccc(-c2nc(-n3c4ccccc4c4c5sc6ccccc6c5ccc43)nc3[c]2[Ge]([c]2ccccc2)([c]2ccccc2)[c]2ccccc2-3)cc1. The molecule has 1 aliphatic heterocycles. The topological polar surface area (TPSA) is 30.7 Å². The predicted molar refractivity (Wildman–Crippen MR) is 217 cm³/mol. The van der Waals surface area contributed by atoms with Gasteiger partial charge in [0.15, 0.2) is 0 Å². The van der Waals surface area contributed by atoms with Gasteiger partial charge in [0.2, 0.25) is 0 Å². The second kappa shape index (κ2) is 11.1. The third-order valence-electron chi connectivity index (χ3n) is 10.7. The second-order valence-electron chi connectivity index (χ2n) is 13.3. The molecule has 238 valence electrons. The van der Waals surface area contributed by atoms with Gasteiger partial charge in [-0.05, 0) is 0 Å². The molecular weight excluding hydrogens is 699 g/mol. The molecule has 0 unspecified atom stereocenters. The van der Waals surface area contributed by atoms with Crippen LogP contribution in [0.3, 0.4) is 0 Å². The summed E-state index contributed by atoms with van der Waals surface area (Å²) in [6.45, 7) is 0. The molecule has 0 fully saturated rings. The molecule has 10 aromatic rings. The number of thiophene rings is 1. The van der Waals surface area contributed by atoms with Crippen molar-refractivity contribution in [3.63, 3.8) is 0 Å². The fourth-order valence-corrected chi connectivity index (χ4v) is 20.9. The Bertz CT molecular complexity index is 2930. The van der Waals surface area contributed by atoms with Gasteiger partial charge in [-0.15, -0.1) is 0 Å². The molecule has 0 saturated heterocycles. The summed E-state index contributed by atoms with van der Waals surface area (Å²) in [6.07, 6.45) is 0. The molecule has 51 heavy (non-hydrogen) atoms. The van der Waals surface area contributed by atoms with Gasteiger partial charge in [0.25, 0.3) is 0 Å². The van der Waals surface area contributed by atoms with Crippen molar-refractivity contribution in [2.45, 2.75) is 0 Å². The molecule has 11 rings (SSSR count). The third-order valence-corrected chi connectivity index (χ3v) is 22.1. The molecule has 0 bridgehead atoms. The summed E-state index contributed by atoms with van der Waals surface area (Å²) in [5, 5.41) is 5.08. The predicted octanol–water partition coefficient (Wildman–Crippen LogP) is 8.97. The average molecular weight is 728 g/mol. The maximum absolute atomic E-state index is 5.71. The third kappa shape index (κ3) is 4.00. The molecule has 0 saturated carbocycles. The van der Waals surface area contributed by atoms with Gasteiger partial charge in [0.05, 0.1) is 0 Å². The molecule has 0 N–H and O–H groups in total. The Hall–Kier alpha value is -5.82. The molecule has 3 nitrogen and oxygen atoms in total. The van der Waals surface area contributed by atoms with Crippen LogP contribution in [0.25, 0.3) is 70.4 Å². The van der Waals surface area contributed by atoms with E-state index in [1.54, 1.807) is 0 Å². The van der Waals surface area contributed by atoms with Crippen molar-refractivity contribution in [3.8, 4) is 28.5 Å². The Morgan fingerprint density at radius 1 is 0.471 bits per heavy atom. The number of hydrogen-bond donors (Lipinski definition) is 0. The van der Waals surface area contributed by atoms with Crippen LogP contribution < -0.4 is 17.6 Å². The normalized spacial score (nSPS) is 13.3. The van der Waals surface area contributed by atoms with Crippen LogP contribution in [0.15, 0.2) is 176 Å². The van der Waals surface area contributed by atoms with E-state index in [0.29, 0.717) is 5.95 Å². The van der Waals surface area contributed by atoms with E-state index in [2.05, 4.69) is 180 Å². The Morgan fingerprint density at radius 2 is 1.08 bits per heavy atom. The van der Waals surface area contributed by atoms with Gasteiger partial charge in [-0.1, -0.05) is 0 Å². The molecule has 0 radical (unpaired) electrons. The van der Waals surface area contributed by atoms with Crippen LogP contribution in [0.1, 0.15) is 0 Å². The summed E-state index contributed by atoms with van der Waals surface area (Å²) < 4.78 is 10.4. The molecule has 5 heteroatoms. The molecule has 0 atom stereocenters. The quantitative estimate of drug-likeness (QED) is 0.170. The number of fused-ring (bicyclic) bond motifs is 10. The van der Waals surface area contributed by atoms with Gasteiger partial charge in [-0.25, -0.2) is 0 Å². The summed E-state index contributed by atoms with van der Waals surface area (Å²) in [4.78, 5) is 11.4. The van der Waals surface area contributed by atoms with Crippen LogP contribution in [0.5, 0.6) is 0 Å². The van der Waals surface area contributed by atoms with E-state index in [9.17, 15) is 0 Å². The number of para-hydroxylation sites is 1. The van der Waals surface area contributed by atoms with Gasteiger partial charge in [0, 0.05) is 0 Å².